The van der Waals surface area contributed by atoms with Crippen molar-refractivity contribution in [3.63, 3.8) is 0 Å². The van der Waals surface area contributed by atoms with E-state index in [4.69, 9.17) is 0 Å². The molecule has 9 nitrogen and oxygen atoms in total. The van der Waals surface area contributed by atoms with E-state index in [1.54, 1.807) is 35.7 Å². The Morgan fingerprint density at radius 3 is 2.65 bits per heavy atom. The first-order valence-corrected chi connectivity index (χ1v) is 13.6. The largest absolute Gasteiger partial charge is 0.349 e. The van der Waals surface area contributed by atoms with Gasteiger partial charge in [-0.3, -0.25) is 14.4 Å². The molecule has 1 aliphatic rings. The van der Waals surface area contributed by atoms with Crippen LogP contribution in [-0.4, -0.2) is 49.6 Å². The lowest BCUT2D eigenvalue weighted by molar-refractivity contribution is -0.140. The topological polar surface area (TPSA) is 134 Å². The minimum Gasteiger partial charge on any atom is -0.349 e. The third-order valence-electron chi connectivity index (χ3n) is 5.37. The first-order valence-electron chi connectivity index (χ1n) is 11.3. The zero-order chi connectivity index (χ0) is 24.7. The first kappa shape index (κ1) is 26.0. The maximum absolute atomic E-state index is 13.2. The summed E-state index contributed by atoms with van der Waals surface area (Å²) < 4.78 is 28.1. The number of amides is 2. The number of ketones is 1. The summed E-state index contributed by atoms with van der Waals surface area (Å²) >= 11 is 1.55. The average molecular weight is 507 g/mol. The van der Waals surface area contributed by atoms with Crippen molar-refractivity contribution in [2.75, 3.05) is 6.54 Å². The predicted octanol–water partition coefficient (Wildman–Crippen LogP) is 1.59. The lowest BCUT2D eigenvalue weighted by Gasteiger charge is -2.23. The third kappa shape index (κ3) is 7.18. The number of aromatic nitrogens is 1. The second-order valence-electron chi connectivity index (χ2n) is 8.66. The van der Waals surface area contributed by atoms with E-state index in [1.807, 2.05) is 13.8 Å². The van der Waals surface area contributed by atoms with E-state index < -0.39 is 39.7 Å². The number of hydrogen-bond donors (Lipinski definition) is 3. The summed E-state index contributed by atoms with van der Waals surface area (Å²) in [7, 11) is -3.96. The van der Waals surface area contributed by atoms with Crippen molar-refractivity contribution in [2.24, 2.45) is 5.92 Å². The van der Waals surface area contributed by atoms with Crippen LogP contribution in [0.1, 0.15) is 43.0 Å². The Balaban J connectivity index is 1.79. The van der Waals surface area contributed by atoms with Crippen LogP contribution in [0.15, 0.2) is 41.4 Å². The predicted molar refractivity (Wildman–Crippen MR) is 129 cm³/mol. The molecule has 11 heteroatoms. The monoisotopic (exact) mass is 506 g/mol. The molecule has 1 aromatic heterocycles. The minimum absolute atomic E-state index is 0.00160. The Morgan fingerprint density at radius 1 is 1.21 bits per heavy atom. The van der Waals surface area contributed by atoms with Gasteiger partial charge in [0.2, 0.25) is 21.7 Å². The van der Waals surface area contributed by atoms with E-state index in [-0.39, 0.29) is 23.7 Å². The molecule has 0 fully saturated rings. The molecule has 0 saturated carbocycles. The zero-order valence-electron chi connectivity index (χ0n) is 19.2. The standard InChI is InChI=1S/C23H30N4O5S2/c1-15(2)13-19(27-34(31,32)17-8-4-3-5-9-17)22(29)26-18-10-11-20-25-14-16(33-20)7-6-12-24-23(30)21(18)28/h3-5,8-9,14-15,18-19,27H,6-7,10-13H2,1-2H3,(H,24,30)(H,26,29). The maximum Gasteiger partial charge on any atom is 0.289 e. The SMILES string of the molecule is CC(C)CC(NS(=O)(=O)c1ccccc1)C(=O)NC1CCc2ncc(s2)CCCNC(=O)C1=O. The molecule has 2 bridgehead atoms. The maximum atomic E-state index is 13.2. The third-order valence-corrected chi connectivity index (χ3v) is 7.97. The van der Waals surface area contributed by atoms with E-state index in [9.17, 15) is 22.8 Å². The number of rotatable bonds is 7. The summed E-state index contributed by atoms with van der Waals surface area (Å²) in [5.41, 5.74) is 0. The molecular formula is C23H30N4O5S2. The molecule has 0 aliphatic carbocycles. The van der Waals surface area contributed by atoms with Gasteiger partial charge in [0.15, 0.2) is 0 Å². The van der Waals surface area contributed by atoms with E-state index in [0.717, 1.165) is 16.3 Å². The van der Waals surface area contributed by atoms with Crippen LogP contribution in [0.3, 0.4) is 0 Å². The van der Waals surface area contributed by atoms with Gasteiger partial charge in [-0.05, 0) is 43.7 Å². The number of carbonyl (C=O) groups excluding carboxylic acids is 3. The quantitative estimate of drug-likeness (QED) is 0.488. The van der Waals surface area contributed by atoms with Gasteiger partial charge in [-0.2, -0.15) is 4.72 Å². The van der Waals surface area contributed by atoms with E-state index in [2.05, 4.69) is 20.3 Å². The number of thiazole rings is 1. The van der Waals surface area contributed by atoms with Crippen LogP contribution in [-0.2, 0) is 37.2 Å². The first-order chi connectivity index (χ1) is 16.2. The number of benzene rings is 1. The van der Waals surface area contributed by atoms with Crippen LogP contribution in [0, 0.1) is 5.92 Å². The van der Waals surface area contributed by atoms with Gasteiger partial charge in [0.1, 0.15) is 6.04 Å². The fourth-order valence-electron chi connectivity index (χ4n) is 3.63. The summed E-state index contributed by atoms with van der Waals surface area (Å²) in [4.78, 5) is 43.9. The highest BCUT2D eigenvalue weighted by atomic mass is 32.2. The number of aryl methyl sites for hydroxylation is 2. The van der Waals surface area contributed by atoms with Crippen LogP contribution in [0.25, 0.3) is 0 Å². The average Bonchev–Trinajstić information content (AvgIpc) is 3.25. The van der Waals surface area contributed by atoms with Gasteiger partial charge >= 0.3 is 0 Å². The van der Waals surface area contributed by atoms with Crippen molar-refractivity contribution in [2.45, 2.75) is 62.9 Å². The second kappa shape index (κ2) is 11.7. The molecule has 34 heavy (non-hydrogen) atoms. The fraction of sp³-hybridized carbons (Fsp3) is 0.478. The molecule has 0 radical (unpaired) electrons. The summed E-state index contributed by atoms with van der Waals surface area (Å²) in [6, 6.07) is 5.58. The van der Waals surface area contributed by atoms with Crippen LogP contribution in [0.4, 0.5) is 0 Å². The smallest absolute Gasteiger partial charge is 0.289 e. The van der Waals surface area contributed by atoms with Crippen molar-refractivity contribution >= 4 is 39.0 Å². The van der Waals surface area contributed by atoms with Crippen molar-refractivity contribution in [1.29, 1.82) is 0 Å². The molecule has 1 aliphatic heterocycles. The Labute approximate surface area is 203 Å². The number of nitrogens with zero attached hydrogens (tertiary/aromatic N) is 1. The van der Waals surface area contributed by atoms with Crippen LogP contribution in [0.2, 0.25) is 0 Å². The summed E-state index contributed by atoms with van der Waals surface area (Å²) in [6.07, 6.45) is 4.07. The van der Waals surface area contributed by atoms with E-state index >= 15 is 0 Å². The lowest BCUT2D eigenvalue weighted by Crippen LogP contribution is -2.54. The lowest BCUT2D eigenvalue weighted by atomic mass is 10.0. The Kier molecular flexibility index (Phi) is 8.92. The summed E-state index contributed by atoms with van der Waals surface area (Å²) in [5, 5.41) is 6.06. The molecule has 2 amide bonds. The highest BCUT2D eigenvalue weighted by Crippen LogP contribution is 2.18. The van der Waals surface area contributed by atoms with E-state index in [1.165, 1.54) is 12.1 Å². The van der Waals surface area contributed by atoms with Crippen LogP contribution >= 0.6 is 11.3 Å². The fourth-order valence-corrected chi connectivity index (χ4v) is 5.84. The Morgan fingerprint density at radius 2 is 1.94 bits per heavy atom. The molecule has 2 heterocycles. The number of fused-ring (bicyclic) bond motifs is 2. The minimum atomic E-state index is -3.96. The van der Waals surface area contributed by atoms with Crippen LogP contribution in [0.5, 0.6) is 0 Å². The van der Waals surface area contributed by atoms with E-state index in [0.29, 0.717) is 19.4 Å². The number of Topliss-reactive ketones (excluding diaryl/α,β-unsaturated/α-hetero) is 1. The highest BCUT2D eigenvalue weighted by Gasteiger charge is 2.32. The molecule has 0 saturated heterocycles. The van der Waals surface area contributed by atoms with Crippen molar-refractivity contribution in [3.8, 4) is 0 Å². The summed E-state index contributed by atoms with van der Waals surface area (Å²) in [5.74, 6) is -2.16. The number of nitrogens with one attached hydrogen (secondary N) is 3. The molecule has 2 unspecified atom stereocenters. The molecule has 0 spiro atoms. The van der Waals surface area contributed by atoms with Crippen molar-refractivity contribution < 1.29 is 22.8 Å². The number of carbonyl (C=O) groups is 3. The van der Waals surface area contributed by atoms with Gasteiger partial charge in [0.05, 0.1) is 15.9 Å². The molecule has 3 rings (SSSR count). The van der Waals surface area contributed by atoms with Crippen LogP contribution < -0.4 is 15.4 Å². The molecule has 3 N–H and O–H groups in total. The van der Waals surface area contributed by atoms with Crippen molar-refractivity contribution in [3.05, 3.63) is 46.4 Å². The zero-order valence-corrected chi connectivity index (χ0v) is 20.9. The van der Waals surface area contributed by atoms with Crippen molar-refractivity contribution in [1.82, 2.24) is 20.3 Å². The highest BCUT2D eigenvalue weighted by molar-refractivity contribution is 7.89. The second-order valence-corrected chi connectivity index (χ2v) is 11.6. The molecule has 1 aromatic carbocycles. The normalized spacial score (nSPS) is 18.5. The number of sulfonamides is 1. The van der Waals surface area contributed by atoms with Gasteiger partial charge in [0, 0.05) is 24.0 Å². The Bertz CT molecular complexity index is 1120. The van der Waals surface area contributed by atoms with Gasteiger partial charge < -0.3 is 10.6 Å². The molecule has 184 valence electrons. The summed E-state index contributed by atoms with van der Waals surface area (Å²) in [6.45, 7) is 4.07. The number of hydrogen-bond acceptors (Lipinski definition) is 7. The van der Waals surface area contributed by atoms with Gasteiger partial charge in [-0.25, -0.2) is 13.4 Å². The van der Waals surface area contributed by atoms with Gasteiger partial charge in [0.25, 0.3) is 5.91 Å². The van der Waals surface area contributed by atoms with Gasteiger partial charge in [-0.1, -0.05) is 32.0 Å². The molecular weight excluding hydrogens is 476 g/mol. The van der Waals surface area contributed by atoms with Gasteiger partial charge in [-0.15, -0.1) is 11.3 Å². The molecule has 2 aromatic rings. The molecule has 2 atom stereocenters. The Hall–Kier alpha value is -2.63.